The molecule has 21 heavy (non-hydrogen) atoms. The fourth-order valence-corrected chi connectivity index (χ4v) is 3.10. The SMILES string of the molecule is CCn1nc(C)c(Br)c1CC(O)c1ccc(Br)cc1OC. The number of aliphatic hydroxyl groups is 1. The van der Waals surface area contributed by atoms with Gasteiger partial charge in [-0.25, -0.2) is 0 Å². The Morgan fingerprint density at radius 1 is 1.38 bits per heavy atom. The van der Waals surface area contributed by atoms with E-state index in [0.29, 0.717) is 12.2 Å². The van der Waals surface area contributed by atoms with E-state index in [1.807, 2.05) is 36.7 Å². The first-order valence-corrected chi connectivity index (χ1v) is 8.29. The van der Waals surface area contributed by atoms with Crippen LogP contribution in [0.4, 0.5) is 0 Å². The highest BCUT2D eigenvalue weighted by atomic mass is 79.9. The molecule has 0 aliphatic heterocycles. The number of methoxy groups -OCH3 is 1. The van der Waals surface area contributed by atoms with Gasteiger partial charge in [0.15, 0.2) is 0 Å². The van der Waals surface area contributed by atoms with Gasteiger partial charge in [-0.2, -0.15) is 5.10 Å². The minimum atomic E-state index is -0.647. The second-order valence-electron chi connectivity index (χ2n) is 4.77. The van der Waals surface area contributed by atoms with Gasteiger partial charge < -0.3 is 9.84 Å². The molecule has 0 aliphatic carbocycles. The van der Waals surface area contributed by atoms with Gasteiger partial charge in [0.2, 0.25) is 0 Å². The van der Waals surface area contributed by atoms with E-state index >= 15 is 0 Å². The number of benzene rings is 1. The fraction of sp³-hybridized carbons (Fsp3) is 0.400. The monoisotopic (exact) mass is 416 g/mol. The summed E-state index contributed by atoms with van der Waals surface area (Å²) >= 11 is 6.96. The van der Waals surface area contributed by atoms with Crippen molar-refractivity contribution in [2.75, 3.05) is 7.11 Å². The van der Waals surface area contributed by atoms with Crippen molar-refractivity contribution in [1.29, 1.82) is 0 Å². The lowest BCUT2D eigenvalue weighted by Crippen LogP contribution is -2.10. The molecule has 1 aromatic heterocycles. The largest absolute Gasteiger partial charge is 0.496 e. The topological polar surface area (TPSA) is 47.3 Å². The number of hydrogen-bond donors (Lipinski definition) is 1. The number of nitrogens with zero attached hydrogens (tertiary/aromatic N) is 2. The van der Waals surface area contributed by atoms with Crippen LogP contribution in [0.3, 0.4) is 0 Å². The molecule has 0 fully saturated rings. The molecule has 1 atom stereocenters. The zero-order valence-electron chi connectivity index (χ0n) is 12.2. The van der Waals surface area contributed by atoms with Crippen molar-refractivity contribution >= 4 is 31.9 Å². The molecule has 114 valence electrons. The summed E-state index contributed by atoms with van der Waals surface area (Å²) < 4.78 is 9.14. The van der Waals surface area contributed by atoms with Gasteiger partial charge in [0.05, 0.1) is 29.1 Å². The van der Waals surface area contributed by atoms with E-state index in [9.17, 15) is 5.11 Å². The number of hydrogen-bond acceptors (Lipinski definition) is 3. The summed E-state index contributed by atoms with van der Waals surface area (Å²) in [7, 11) is 1.61. The van der Waals surface area contributed by atoms with Gasteiger partial charge in [-0.1, -0.05) is 22.0 Å². The summed E-state index contributed by atoms with van der Waals surface area (Å²) in [5, 5.41) is 15.0. The Bertz CT molecular complexity index is 641. The van der Waals surface area contributed by atoms with Crippen LogP contribution < -0.4 is 4.74 Å². The Kier molecular flexibility index (Phi) is 5.46. The Morgan fingerprint density at radius 3 is 2.71 bits per heavy atom. The molecule has 2 aromatic rings. The lowest BCUT2D eigenvalue weighted by atomic mass is 10.0. The molecule has 0 aliphatic rings. The Balaban J connectivity index is 2.32. The van der Waals surface area contributed by atoms with Crippen LogP contribution in [0.5, 0.6) is 5.75 Å². The maximum Gasteiger partial charge on any atom is 0.125 e. The van der Waals surface area contributed by atoms with Gasteiger partial charge in [-0.05, 0) is 41.9 Å². The van der Waals surface area contributed by atoms with E-state index in [0.717, 1.165) is 32.4 Å². The minimum absolute atomic E-state index is 0.479. The summed E-state index contributed by atoms with van der Waals surface area (Å²) in [6.45, 7) is 4.76. The van der Waals surface area contributed by atoms with Gasteiger partial charge >= 0.3 is 0 Å². The normalized spacial score (nSPS) is 12.5. The highest BCUT2D eigenvalue weighted by molar-refractivity contribution is 9.10. The van der Waals surface area contributed by atoms with Crippen LogP contribution in [0.1, 0.15) is 30.0 Å². The van der Waals surface area contributed by atoms with Gasteiger partial charge in [0, 0.05) is 23.0 Å². The highest BCUT2D eigenvalue weighted by Gasteiger charge is 2.20. The van der Waals surface area contributed by atoms with E-state index in [1.165, 1.54) is 0 Å². The molecular formula is C15H18Br2N2O2. The molecule has 0 bridgehead atoms. The molecule has 6 heteroatoms. The predicted molar refractivity (Wildman–Crippen MR) is 89.7 cm³/mol. The quantitative estimate of drug-likeness (QED) is 0.798. The number of ether oxygens (including phenoxy) is 1. The van der Waals surface area contributed by atoms with Crippen molar-refractivity contribution in [3.05, 3.63) is 44.1 Å². The third kappa shape index (κ3) is 3.49. The fourth-order valence-electron chi connectivity index (χ4n) is 2.32. The number of halogens is 2. The molecule has 0 saturated heterocycles. The number of aliphatic hydroxyl groups excluding tert-OH is 1. The van der Waals surface area contributed by atoms with Crippen molar-refractivity contribution in [3.63, 3.8) is 0 Å². The van der Waals surface area contributed by atoms with Crippen LogP contribution in [0.25, 0.3) is 0 Å². The van der Waals surface area contributed by atoms with Gasteiger partial charge in [0.25, 0.3) is 0 Å². The van der Waals surface area contributed by atoms with Gasteiger partial charge in [0.1, 0.15) is 5.75 Å². The van der Waals surface area contributed by atoms with E-state index in [1.54, 1.807) is 7.11 Å². The minimum Gasteiger partial charge on any atom is -0.496 e. The van der Waals surface area contributed by atoms with Crippen LogP contribution in [0, 0.1) is 6.92 Å². The number of rotatable bonds is 5. The Morgan fingerprint density at radius 2 is 2.10 bits per heavy atom. The summed E-state index contributed by atoms with van der Waals surface area (Å²) in [4.78, 5) is 0. The first-order chi connectivity index (χ1) is 9.97. The zero-order chi connectivity index (χ0) is 15.6. The van der Waals surface area contributed by atoms with E-state index < -0.39 is 6.10 Å². The second-order valence-corrected chi connectivity index (χ2v) is 6.48. The van der Waals surface area contributed by atoms with Crippen molar-refractivity contribution in [2.45, 2.75) is 32.9 Å². The average molecular weight is 418 g/mol. The highest BCUT2D eigenvalue weighted by Crippen LogP contribution is 2.32. The standard InChI is InChI=1S/C15H18Br2N2O2/c1-4-19-12(15(17)9(2)18-19)8-13(20)11-6-5-10(16)7-14(11)21-3/h5-7,13,20H,4,8H2,1-3H3. The van der Waals surface area contributed by atoms with Crippen molar-refractivity contribution in [1.82, 2.24) is 9.78 Å². The molecule has 4 nitrogen and oxygen atoms in total. The molecule has 1 aromatic carbocycles. The van der Waals surface area contributed by atoms with Crippen molar-refractivity contribution < 1.29 is 9.84 Å². The first kappa shape index (κ1) is 16.5. The lowest BCUT2D eigenvalue weighted by Gasteiger charge is -2.16. The Hall–Kier alpha value is -0.850. The molecule has 1 N–H and O–H groups in total. The molecule has 0 saturated carbocycles. The molecular weight excluding hydrogens is 400 g/mol. The predicted octanol–water partition coefficient (Wildman–Crippen LogP) is 4.02. The molecule has 2 rings (SSSR count). The van der Waals surface area contributed by atoms with Crippen molar-refractivity contribution in [3.8, 4) is 5.75 Å². The first-order valence-electron chi connectivity index (χ1n) is 6.71. The van der Waals surface area contributed by atoms with Crippen LogP contribution in [-0.4, -0.2) is 22.0 Å². The zero-order valence-corrected chi connectivity index (χ0v) is 15.4. The molecule has 0 spiro atoms. The van der Waals surface area contributed by atoms with Crippen LogP contribution in [-0.2, 0) is 13.0 Å². The van der Waals surface area contributed by atoms with Gasteiger partial charge in [-0.15, -0.1) is 0 Å². The third-order valence-corrected chi connectivity index (χ3v) is 4.92. The van der Waals surface area contributed by atoms with E-state index in [2.05, 4.69) is 37.0 Å². The number of aromatic nitrogens is 2. The van der Waals surface area contributed by atoms with Crippen LogP contribution in [0.2, 0.25) is 0 Å². The van der Waals surface area contributed by atoms with Crippen LogP contribution >= 0.6 is 31.9 Å². The summed E-state index contributed by atoms with van der Waals surface area (Å²) in [6, 6.07) is 5.63. The molecule has 1 unspecified atom stereocenters. The average Bonchev–Trinajstić information content (AvgIpc) is 2.74. The second kappa shape index (κ2) is 6.94. The lowest BCUT2D eigenvalue weighted by molar-refractivity contribution is 0.171. The van der Waals surface area contributed by atoms with E-state index in [-0.39, 0.29) is 0 Å². The van der Waals surface area contributed by atoms with Crippen molar-refractivity contribution in [2.24, 2.45) is 0 Å². The Labute approximate surface area is 141 Å². The number of aryl methyl sites for hydroxylation is 2. The smallest absolute Gasteiger partial charge is 0.125 e. The summed E-state index contributed by atoms with van der Waals surface area (Å²) in [5.74, 6) is 0.673. The maximum absolute atomic E-state index is 10.6. The molecule has 0 radical (unpaired) electrons. The van der Waals surface area contributed by atoms with E-state index in [4.69, 9.17) is 4.74 Å². The third-order valence-electron chi connectivity index (χ3n) is 3.39. The van der Waals surface area contributed by atoms with Gasteiger partial charge in [-0.3, -0.25) is 4.68 Å². The molecule has 0 amide bonds. The van der Waals surface area contributed by atoms with Crippen LogP contribution in [0.15, 0.2) is 27.1 Å². The summed E-state index contributed by atoms with van der Waals surface area (Å²) in [6.07, 6.45) is -0.168. The molecule has 1 heterocycles. The summed E-state index contributed by atoms with van der Waals surface area (Å²) in [5.41, 5.74) is 2.70. The maximum atomic E-state index is 10.6.